The molecule has 1 rings (SSSR count). The number of carbonyl (C=O) groups excluding carboxylic acids is 2. The molecule has 1 atom stereocenters. The number of rotatable bonds is 5. The average molecular weight is 285 g/mol. The Labute approximate surface area is 115 Å². The largest absolute Gasteiger partial charge is 0.346 e. The molecule has 0 bridgehead atoms. The summed E-state index contributed by atoms with van der Waals surface area (Å²) in [4.78, 5) is 23.0. The van der Waals surface area contributed by atoms with Crippen LogP contribution >= 0.6 is 0 Å². The van der Waals surface area contributed by atoms with Gasteiger partial charge in [-0.1, -0.05) is 13.8 Å². The van der Waals surface area contributed by atoms with Gasteiger partial charge in [-0.3, -0.25) is 9.59 Å². The van der Waals surface area contributed by atoms with Gasteiger partial charge in [0.1, 0.15) is 11.6 Å². The van der Waals surface area contributed by atoms with Crippen molar-refractivity contribution in [1.29, 1.82) is 0 Å². The van der Waals surface area contributed by atoms with E-state index in [1.54, 1.807) is 13.8 Å². The molecule has 0 radical (unpaired) electrons. The van der Waals surface area contributed by atoms with Crippen LogP contribution in [0, 0.1) is 17.6 Å². The number of nitrogens with one attached hydrogen (secondary N) is 2. The van der Waals surface area contributed by atoms with Gasteiger partial charge in [0.15, 0.2) is 0 Å². The molecule has 0 unspecified atom stereocenters. The summed E-state index contributed by atoms with van der Waals surface area (Å²) >= 11 is 0. The van der Waals surface area contributed by atoms with Crippen LogP contribution in [0.1, 0.15) is 13.8 Å². The van der Waals surface area contributed by atoms with E-state index in [0.29, 0.717) is 6.07 Å². The number of carbonyl (C=O) groups is 2. The van der Waals surface area contributed by atoms with Crippen molar-refractivity contribution in [2.45, 2.75) is 19.9 Å². The van der Waals surface area contributed by atoms with Crippen molar-refractivity contribution in [3.8, 4) is 0 Å². The first-order chi connectivity index (χ1) is 9.31. The van der Waals surface area contributed by atoms with Gasteiger partial charge in [-0.2, -0.15) is 0 Å². The van der Waals surface area contributed by atoms with E-state index in [9.17, 15) is 18.4 Å². The van der Waals surface area contributed by atoms with Gasteiger partial charge in [-0.05, 0) is 18.1 Å². The molecule has 7 heteroatoms. The highest BCUT2D eigenvalue weighted by Gasteiger charge is 2.17. The molecule has 2 amide bonds. The van der Waals surface area contributed by atoms with Crippen LogP contribution in [-0.4, -0.2) is 24.4 Å². The lowest BCUT2D eigenvalue weighted by Crippen LogP contribution is -2.46. The first kappa shape index (κ1) is 16.0. The van der Waals surface area contributed by atoms with Crippen molar-refractivity contribution >= 4 is 17.5 Å². The molecule has 0 aliphatic carbocycles. The van der Waals surface area contributed by atoms with Crippen LogP contribution in [-0.2, 0) is 9.59 Å². The number of nitrogens with two attached hydrogens (primary N) is 1. The molecule has 0 aliphatic heterocycles. The summed E-state index contributed by atoms with van der Waals surface area (Å²) in [6, 6.07) is 2.06. The Kier molecular flexibility index (Phi) is 5.57. The van der Waals surface area contributed by atoms with Crippen LogP contribution in [0.25, 0.3) is 0 Å². The van der Waals surface area contributed by atoms with Crippen molar-refractivity contribution in [3.63, 3.8) is 0 Å². The fraction of sp³-hybridized carbons (Fsp3) is 0.385. The van der Waals surface area contributed by atoms with E-state index in [4.69, 9.17) is 5.73 Å². The Morgan fingerprint density at radius 1 is 1.30 bits per heavy atom. The topological polar surface area (TPSA) is 84.2 Å². The molecule has 0 aliphatic rings. The van der Waals surface area contributed by atoms with E-state index in [-0.39, 0.29) is 18.2 Å². The van der Waals surface area contributed by atoms with E-state index < -0.39 is 29.5 Å². The molecule has 0 aromatic heterocycles. The fourth-order valence-electron chi connectivity index (χ4n) is 1.37. The SMILES string of the molecule is CC(C)[C@H](N)C(=O)NCC(=O)Nc1ccc(F)cc1F. The summed E-state index contributed by atoms with van der Waals surface area (Å²) < 4.78 is 26.0. The molecular formula is C13H17F2N3O2. The summed E-state index contributed by atoms with van der Waals surface area (Å²) in [5.74, 6) is -2.78. The van der Waals surface area contributed by atoms with Crippen LogP contribution in [0.15, 0.2) is 18.2 Å². The second-order valence-electron chi connectivity index (χ2n) is 4.66. The lowest BCUT2D eigenvalue weighted by molar-refractivity contribution is -0.125. The second-order valence-corrected chi connectivity index (χ2v) is 4.66. The maximum absolute atomic E-state index is 13.3. The molecule has 5 nitrogen and oxygen atoms in total. The summed E-state index contributed by atoms with van der Waals surface area (Å²) in [5.41, 5.74) is 5.44. The van der Waals surface area contributed by atoms with Crippen LogP contribution in [0.4, 0.5) is 14.5 Å². The Bertz CT molecular complexity index is 506. The summed E-state index contributed by atoms with van der Waals surface area (Å²) in [6.07, 6.45) is 0. The van der Waals surface area contributed by atoms with Gasteiger partial charge in [-0.25, -0.2) is 8.78 Å². The molecule has 0 spiro atoms. The third kappa shape index (κ3) is 4.58. The van der Waals surface area contributed by atoms with Gasteiger partial charge < -0.3 is 16.4 Å². The maximum atomic E-state index is 13.3. The quantitative estimate of drug-likeness (QED) is 0.754. The molecular weight excluding hydrogens is 268 g/mol. The molecule has 1 aromatic carbocycles. The van der Waals surface area contributed by atoms with Gasteiger partial charge in [0.25, 0.3) is 0 Å². The minimum absolute atomic E-state index is 0.0624. The first-order valence-electron chi connectivity index (χ1n) is 6.09. The highest BCUT2D eigenvalue weighted by molar-refractivity contribution is 5.95. The Morgan fingerprint density at radius 3 is 2.50 bits per heavy atom. The highest BCUT2D eigenvalue weighted by Crippen LogP contribution is 2.14. The van der Waals surface area contributed by atoms with Crippen molar-refractivity contribution < 1.29 is 18.4 Å². The van der Waals surface area contributed by atoms with Crippen molar-refractivity contribution in [2.75, 3.05) is 11.9 Å². The molecule has 0 fully saturated rings. The minimum atomic E-state index is -0.886. The highest BCUT2D eigenvalue weighted by atomic mass is 19.1. The fourth-order valence-corrected chi connectivity index (χ4v) is 1.37. The molecule has 110 valence electrons. The van der Waals surface area contributed by atoms with Gasteiger partial charge in [-0.15, -0.1) is 0 Å². The zero-order valence-electron chi connectivity index (χ0n) is 11.2. The van der Waals surface area contributed by atoms with E-state index >= 15 is 0 Å². The smallest absolute Gasteiger partial charge is 0.243 e. The van der Waals surface area contributed by atoms with Gasteiger partial charge in [0, 0.05) is 6.07 Å². The van der Waals surface area contributed by atoms with Crippen LogP contribution in [0.5, 0.6) is 0 Å². The predicted molar refractivity (Wildman–Crippen MR) is 70.8 cm³/mol. The number of hydrogen-bond donors (Lipinski definition) is 3. The number of amides is 2. The van der Waals surface area contributed by atoms with Crippen molar-refractivity contribution in [2.24, 2.45) is 11.7 Å². The Hall–Kier alpha value is -2.02. The monoisotopic (exact) mass is 285 g/mol. The third-order valence-corrected chi connectivity index (χ3v) is 2.65. The molecule has 20 heavy (non-hydrogen) atoms. The summed E-state index contributed by atoms with van der Waals surface area (Å²) in [7, 11) is 0. The number of anilines is 1. The van der Waals surface area contributed by atoms with E-state index in [0.717, 1.165) is 12.1 Å². The second kappa shape index (κ2) is 6.95. The number of halogens is 2. The van der Waals surface area contributed by atoms with Crippen molar-refractivity contribution in [1.82, 2.24) is 5.32 Å². The third-order valence-electron chi connectivity index (χ3n) is 2.65. The lowest BCUT2D eigenvalue weighted by Gasteiger charge is -2.15. The molecule has 0 saturated carbocycles. The summed E-state index contributed by atoms with van der Waals surface area (Å²) in [5, 5.41) is 4.57. The molecule has 4 N–H and O–H groups in total. The minimum Gasteiger partial charge on any atom is -0.346 e. The molecule has 1 aromatic rings. The van der Waals surface area contributed by atoms with E-state index in [1.807, 2.05) is 0 Å². The number of benzene rings is 1. The first-order valence-corrected chi connectivity index (χ1v) is 6.09. The van der Waals surface area contributed by atoms with Crippen LogP contribution in [0.2, 0.25) is 0 Å². The van der Waals surface area contributed by atoms with Crippen LogP contribution < -0.4 is 16.4 Å². The predicted octanol–water partition coefficient (Wildman–Crippen LogP) is 1.00. The zero-order valence-corrected chi connectivity index (χ0v) is 11.2. The Balaban J connectivity index is 2.50. The average Bonchev–Trinajstić information content (AvgIpc) is 2.38. The van der Waals surface area contributed by atoms with E-state index in [1.165, 1.54) is 0 Å². The van der Waals surface area contributed by atoms with Crippen LogP contribution in [0.3, 0.4) is 0 Å². The maximum Gasteiger partial charge on any atom is 0.243 e. The van der Waals surface area contributed by atoms with Gasteiger partial charge in [0.2, 0.25) is 11.8 Å². The number of hydrogen-bond acceptors (Lipinski definition) is 3. The van der Waals surface area contributed by atoms with Gasteiger partial charge in [0.05, 0.1) is 18.3 Å². The van der Waals surface area contributed by atoms with Gasteiger partial charge >= 0.3 is 0 Å². The molecule has 0 heterocycles. The lowest BCUT2D eigenvalue weighted by atomic mass is 10.1. The van der Waals surface area contributed by atoms with E-state index in [2.05, 4.69) is 10.6 Å². The Morgan fingerprint density at radius 2 is 1.95 bits per heavy atom. The normalized spacial score (nSPS) is 12.1. The zero-order chi connectivity index (χ0) is 15.3. The standard InChI is InChI=1S/C13H17F2N3O2/c1-7(2)12(16)13(20)17-6-11(19)18-10-4-3-8(14)5-9(10)15/h3-5,7,12H,6,16H2,1-2H3,(H,17,20)(H,18,19)/t12-/m0/s1. The molecule has 0 saturated heterocycles. The van der Waals surface area contributed by atoms with Crippen molar-refractivity contribution in [3.05, 3.63) is 29.8 Å². The summed E-state index contributed by atoms with van der Waals surface area (Å²) in [6.45, 7) is 3.21.